The first-order valence-corrected chi connectivity index (χ1v) is 2.23. The summed E-state index contributed by atoms with van der Waals surface area (Å²) in [4.78, 5) is 10.2. The molecule has 1 rings (SSSR count). The Morgan fingerprint density at radius 1 is 2.00 bits per heavy atom. The summed E-state index contributed by atoms with van der Waals surface area (Å²) in [6.45, 7) is 0.440. The van der Waals surface area contributed by atoms with Gasteiger partial charge in [0.1, 0.15) is 0 Å². The number of nitrogens with one attached hydrogen (secondary N) is 1. The topological polar surface area (TPSA) is 38.3 Å². The van der Waals surface area contributed by atoms with Crippen LogP contribution >= 0.6 is 0 Å². The van der Waals surface area contributed by atoms with Crippen molar-refractivity contribution in [1.29, 1.82) is 0 Å². The summed E-state index contributed by atoms with van der Waals surface area (Å²) >= 11 is 0. The molecule has 3 heteroatoms. The van der Waals surface area contributed by atoms with Crippen LogP contribution in [0.3, 0.4) is 0 Å². The van der Waals surface area contributed by atoms with Crippen molar-refractivity contribution in [3.05, 3.63) is 0 Å². The molecule has 0 aromatic carbocycles. The molecule has 42 valence electrons. The zero-order valence-corrected chi connectivity index (χ0v) is 4.18. The average Bonchev–Trinajstić information content (AvgIpc) is 2.14. The van der Waals surface area contributed by atoms with Crippen LogP contribution in [0.15, 0.2) is 0 Å². The third kappa shape index (κ3) is 0.733. The van der Waals surface area contributed by atoms with Gasteiger partial charge in [-0.3, -0.25) is 0 Å². The zero-order chi connectivity index (χ0) is 5.98. The maximum Gasteiger partial charge on any atom is 0.408 e. The quantitative estimate of drug-likeness (QED) is 0.437. The van der Waals surface area contributed by atoms with E-state index in [9.17, 15) is 4.79 Å². The molecule has 1 aliphatic rings. The van der Waals surface area contributed by atoms with E-state index in [0.29, 0.717) is 6.54 Å². The maximum absolute atomic E-state index is 10.2. The fourth-order valence-corrected chi connectivity index (χ4v) is 0.482. The zero-order valence-electron chi connectivity index (χ0n) is 4.18. The average molecular weight is 111 g/mol. The van der Waals surface area contributed by atoms with E-state index in [1.54, 1.807) is 0 Å². The molecular formula is C5H5NO2. The van der Waals surface area contributed by atoms with Crippen LogP contribution in [0.2, 0.25) is 0 Å². The van der Waals surface area contributed by atoms with Gasteiger partial charge in [-0.15, -0.1) is 6.42 Å². The number of rotatable bonds is 0. The fraction of sp³-hybridized carbons (Fsp3) is 0.400. The molecule has 0 bridgehead atoms. The first-order valence-electron chi connectivity index (χ1n) is 2.23. The maximum atomic E-state index is 10.2. The van der Waals surface area contributed by atoms with Gasteiger partial charge in [0.2, 0.25) is 0 Å². The summed E-state index contributed by atoms with van der Waals surface area (Å²) in [6.07, 6.45) is 4.15. The molecule has 1 atom stereocenters. The van der Waals surface area contributed by atoms with E-state index in [4.69, 9.17) is 6.42 Å². The van der Waals surface area contributed by atoms with Crippen LogP contribution in [0.25, 0.3) is 0 Å². The van der Waals surface area contributed by atoms with Gasteiger partial charge in [-0.2, -0.15) is 0 Å². The number of cyclic esters (lactones) is 1. The lowest BCUT2D eigenvalue weighted by Gasteiger charge is -1.92. The fourth-order valence-electron chi connectivity index (χ4n) is 0.482. The van der Waals surface area contributed by atoms with Crippen LogP contribution in [0, 0.1) is 12.3 Å². The minimum Gasteiger partial charge on any atom is -0.431 e. The molecule has 0 aliphatic carbocycles. The first-order chi connectivity index (χ1) is 3.83. The van der Waals surface area contributed by atoms with Gasteiger partial charge in [0.25, 0.3) is 0 Å². The largest absolute Gasteiger partial charge is 0.431 e. The predicted octanol–water partition coefficient (Wildman–Crippen LogP) is -0.272. The highest BCUT2D eigenvalue weighted by Crippen LogP contribution is 1.95. The second-order valence-electron chi connectivity index (χ2n) is 1.44. The molecule has 0 saturated carbocycles. The second-order valence-corrected chi connectivity index (χ2v) is 1.44. The molecule has 3 nitrogen and oxygen atoms in total. The van der Waals surface area contributed by atoms with Gasteiger partial charge in [-0.1, -0.05) is 5.92 Å². The predicted molar refractivity (Wildman–Crippen MR) is 27.1 cm³/mol. The molecular weight excluding hydrogens is 106 g/mol. The minimum atomic E-state index is -0.423. The molecule has 1 saturated heterocycles. The Labute approximate surface area is 47.0 Å². The van der Waals surface area contributed by atoms with Crippen LogP contribution < -0.4 is 5.32 Å². The number of amides is 1. The lowest BCUT2D eigenvalue weighted by Crippen LogP contribution is -2.13. The molecule has 0 radical (unpaired) electrons. The molecule has 1 fully saturated rings. The van der Waals surface area contributed by atoms with E-state index in [1.165, 1.54) is 0 Å². The molecule has 1 N–H and O–H groups in total. The van der Waals surface area contributed by atoms with Crippen LogP contribution in [0.1, 0.15) is 0 Å². The Balaban J connectivity index is 2.47. The normalized spacial score (nSPS) is 25.9. The van der Waals surface area contributed by atoms with E-state index in [0.717, 1.165) is 0 Å². The molecule has 0 spiro atoms. The molecule has 0 unspecified atom stereocenters. The minimum absolute atomic E-state index is 0.359. The lowest BCUT2D eigenvalue weighted by atomic mass is 10.4. The number of ether oxygens (including phenoxy) is 1. The first kappa shape index (κ1) is 4.98. The number of terminal acetylenes is 1. The van der Waals surface area contributed by atoms with E-state index in [-0.39, 0.29) is 6.10 Å². The van der Waals surface area contributed by atoms with Gasteiger partial charge in [0.05, 0.1) is 6.54 Å². The molecule has 1 amide bonds. The lowest BCUT2D eigenvalue weighted by molar-refractivity contribution is 0.161. The molecule has 0 aromatic rings. The van der Waals surface area contributed by atoms with Gasteiger partial charge in [-0.05, 0) is 0 Å². The summed E-state index contributed by atoms with van der Waals surface area (Å²) in [5.41, 5.74) is 0. The molecule has 1 aliphatic heterocycles. The van der Waals surface area contributed by atoms with Gasteiger partial charge >= 0.3 is 6.09 Å². The van der Waals surface area contributed by atoms with E-state index < -0.39 is 6.09 Å². The third-order valence-electron chi connectivity index (χ3n) is 0.867. The van der Waals surface area contributed by atoms with Gasteiger partial charge in [0.15, 0.2) is 6.10 Å². The Morgan fingerprint density at radius 2 is 2.75 bits per heavy atom. The molecule has 8 heavy (non-hydrogen) atoms. The van der Waals surface area contributed by atoms with E-state index in [1.807, 2.05) is 0 Å². The van der Waals surface area contributed by atoms with Crippen molar-refractivity contribution in [2.75, 3.05) is 6.54 Å². The molecule has 1 heterocycles. The number of carbonyl (C=O) groups excluding carboxylic acids is 1. The number of hydrogen-bond donors (Lipinski definition) is 1. The van der Waals surface area contributed by atoms with Crippen LogP contribution in [-0.4, -0.2) is 18.7 Å². The van der Waals surface area contributed by atoms with Crippen molar-refractivity contribution in [3.8, 4) is 12.3 Å². The highest BCUT2D eigenvalue weighted by Gasteiger charge is 2.18. The van der Waals surface area contributed by atoms with Crippen molar-refractivity contribution in [1.82, 2.24) is 5.32 Å². The van der Waals surface area contributed by atoms with E-state index >= 15 is 0 Å². The monoisotopic (exact) mass is 111 g/mol. The summed E-state index contributed by atoms with van der Waals surface area (Å²) in [5.74, 6) is 2.29. The van der Waals surface area contributed by atoms with Crippen molar-refractivity contribution in [2.24, 2.45) is 0 Å². The van der Waals surface area contributed by atoms with E-state index in [2.05, 4.69) is 16.0 Å². The van der Waals surface area contributed by atoms with Gasteiger partial charge in [-0.25, -0.2) is 4.79 Å². The van der Waals surface area contributed by atoms with Crippen molar-refractivity contribution in [3.63, 3.8) is 0 Å². The Hall–Kier alpha value is -1.17. The highest BCUT2D eigenvalue weighted by molar-refractivity contribution is 5.69. The molecule has 0 aromatic heterocycles. The Bertz CT molecular complexity index is 147. The number of carbonyl (C=O) groups is 1. The number of alkyl carbamates (subject to hydrolysis) is 1. The summed E-state index contributed by atoms with van der Waals surface area (Å²) in [6, 6.07) is 0. The highest BCUT2D eigenvalue weighted by atomic mass is 16.6. The Kier molecular flexibility index (Phi) is 1.09. The number of hydrogen-bond acceptors (Lipinski definition) is 2. The SMILES string of the molecule is C#C[C@@H]1CNC(=O)O1. The van der Waals surface area contributed by atoms with Gasteiger partial charge < -0.3 is 10.1 Å². The van der Waals surface area contributed by atoms with Crippen molar-refractivity contribution < 1.29 is 9.53 Å². The Morgan fingerprint density at radius 3 is 3.00 bits per heavy atom. The third-order valence-corrected chi connectivity index (χ3v) is 0.867. The van der Waals surface area contributed by atoms with Crippen molar-refractivity contribution >= 4 is 6.09 Å². The summed E-state index contributed by atoms with van der Waals surface area (Å²) in [7, 11) is 0. The summed E-state index contributed by atoms with van der Waals surface area (Å²) in [5, 5.41) is 2.42. The second kappa shape index (κ2) is 1.74. The van der Waals surface area contributed by atoms with Crippen LogP contribution in [0.4, 0.5) is 4.79 Å². The van der Waals surface area contributed by atoms with Crippen LogP contribution in [-0.2, 0) is 4.74 Å². The standard InChI is InChI=1S/C5H5NO2/c1-2-4-3-6-5(7)8-4/h1,4H,3H2,(H,6,7)/t4-/m1/s1. The van der Waals surface area contributed by atoms with Gasteiger partial charge in [0, 0.05) is 0 Å². The van der Waals surface area contributed by atoms with Crippen molar-refractivity contribution in [2.45, 2.75) is 6.10 Å². The summed E-state index contributed by atoms with van der Waals surface area (Å²) < 4.78 is 4.52. The van der Waals surface area contributed by atoms with Crippen LogP contribution in [0.5, 0.6) is 0 Å². The smallest absolute Gasteiger partial charge is 0.408 e.